The normalized spacial score (nSPS) is 12.0. The summed E-state index contributed by atoms with van der Waals surface area (Å²) in [7, 11) is 1.62. The number of alkyl halides is 1. The molecular weight excluding hydrogens is 306 g/mol. The standard InChI is InChI=1S/C15H22BrNO2/c1-11(10-16)5-4-8-17-15(18)13-7-6-12(2)14(9-13)19-3/h6-7,9,11H,4-5,8,10H2,1-3H3,(H,17,18). The molecule has 1 atom stereocenters. The SMILES string of the molecule is COc1cc(C(=O)NCCCC(C)CBr)ccc1C. The fraction of sp³-hybridized carbons (Fsp3) is 0.533. The smallest absolute Gasteiger partial charge is 0.251 e. The van der Waals surface area contributed by atoms with Gasteiger partial charge in [0.1, 0.15) is 5.75 Å². The molecule has 0 heterocycles. The number of rotatable bonds is 7. The van der Waals surface area contributed by atoms with E-state index in [2.05, 4.69) is 28.2 Å². The third kappa shape index (κ3) is 5.23. The molecule has 0 aliphatic heterocycles. The molecule has 1 unspecified atom stereocenters. The molecule has 1 amide bonds. The summed E-state index contributed by atoms with van der Waals surface area (Å²) in [5.74, 6) is 1.36. The van der Waals surface area contributed by atoms with Gasteiger partial charge in [-0.25, -0.2) is 0 Å². The molecule has 1 rings (SSSR count). The Morgan fingerprint density at radius 1 is 1.47 bits per heavy atom. The van der Waals surface area contributed by atoms with E-state index < -0.39 is 0 Å². The molecule has 0 aliphatic rings. The van der Waals surface area contributed by atoms with Crippen LogP contribution in [-0.2, 0) is 0 Å². The zero-order valence-corrected chi connectivity index (χ0v) is 13.4. The number of ether oxygens (including phenoxy) is 1. The van der Waals surface area contributed by atoms with Gasteiger partial charge in [0, 0.05) is 17.4 Å². The Hall–Kier alpha value is -1.03. The number of nitrogens with one attached hydrogen (secondary N) is 1. The first-order valence-corrected chi connectivity index (χ1v) is 7.69. The Bertz CT molecular complexity index is 421. The van der Waals surface area contributed by atoms with Gasteiger partial charge in [0.05, 0.1) is 7.11 Å². The molecule has 19 heavy (non-hydrogen) atoms. The van der Waals surface area contributed by atoms with Crippen molar-refractivity contribution in [3.8, 4) is 5.75 Å². The number of amides is 1. The Morgan fingerprint density at radius 2 is 2.21 bits per heavy atom. The van der Waals surface area contributed by atoms with E-state index in [1.807, 2.05) is 19.1 Å². The molecule has 0 fully saturated rings. The molecule has 1 N–H and O–H groups in total. The molecule has 0 spiro atoms. The lowest BCUT2D eigenvalue weighted by molar-refractivity contribution is 0.0952. The van der Waals surface area contributed by atoms with Gasteiger partial charge in [0.2, 0.25) is 0 Å². The van der Waals surface area contributed by atoms with E-state index in [1.54, 1.807) is 13.2 Å². The lowest BCUT2D eigenvalue weighted by atomic mass is 10.1. The van der Waals surface area contributed by atoms with Crippen LogP contribution in [0.25, 0.3) is 0 Å². The zero-order chi connectivity index (χ0) is 14.3. The topological polar surface area (TPSA) is 38.3 Å². The molecule has 0 saturated heterocycles. The largest absolute Gasteiger partial charge is 0.496 e. The molecule has 0 saturated carbocycles. The van der Waals surface area contributed by atoms with Gasteiger partial charge in [0.15, 0.2) is 0 Å². The van der Waals surface area contributed by atoms with Crippen LogP contribution >= 0.6 is 15.9 Å². The molecule has 3 nitrogen and oxygen atoms in total. The molecule has 0 aromatic heterocycles. The van der Waals surface area contributed by atoms with Gasteiger partial charge in [-0.05, 0) is 43.4 Å². The number of halogens is 1. The zero-order valence-electron chi connectivity index (χ0n) is 11.8. The Balaban J connectivity index is 2.45. The molecule has 1 aromatic rings. The van der Waals surface area contributed by atoms with Crippen LogP contribution < -0.4 is 10.1 Å². The molecule has 106 valence electrons. The lowest BCUT2D eigenvalue weighted by Crippen LogP contribution is -2.24. The van der Waals surface area contributed by atoms with Gasteiger partial charge >= 0.3 is 0 Å². The quantitative estimate of drug-likeness (QED) is 0.614. The van der Waals surface area contributed by atoms with Crippen molar-refractivity contribution in [1.29, 1.82) is 0 Å². The lowest BCUT2D eigenvalue weighted by Gasteiger charge is -2.10. The van der Waals surface area contributed by atoms with Crippen molar-refractivity contribution in [2.45, 2.75) is 26.7 Å². The highest BCUT2D eigenvalue weighted by Crippen LogP contribution is 2.18. The second-order valence-corrected chi connectivity index (χ2v) is 5.49. The molecule has 0 bridgehead atoms. The van der Waals surface area contributed by atoms with E-state index >= 15 is 0 Å². The second-order valence-electron chi connectivity index (χ2n) is 4.84. The molecule has 4 heteroatoms. The first-order chi connectivity index (χ1) is 9.08. The Labute approximate surface area is 123 Å². The third-order valence-electron chi connectivity index (χ3n) is 3.09. The molecule has 0 radical (unpaired) electrons. The summed E-state index contributed by atoms with van der Waals surface area (Å²) >= 11 is 3.45. The number of aryl methyl sites for hydroxylation is 1. The van der Waals surface area contributed by atoms with Crippen molar-refractivity contribution in [2.75, 3.05) is 19.0 Å². The van der Waals surface area contributed by atoms with Crippen LogP contribution in [0.5, 0.6) is 5.75 Å². The van der Waals surface area contributed by atoms with Gasteiger partial charge in [-0.2, -0.15) is 0 Å². The van der Waals surface area contributed by atoms with Gasteiger partial charge in [-0.15, -0.1) is 0 Å². The van der Waals surface area contributed by atoms with Crippen molar-refractivity contribution >= 4 is 21.8 Å². The first-order valence-electron chi connectivity index (χ1n) is 6.57. The second kappa shape index (κ2) is 8.20. The minimum Gasteiger partial charge on any atom is -0.496 e. The van der Waals surface area contributed by atoms with Crippen LogP contribution in [0.3, 0.4) is 0 Å². The van der Waals surface area contributed by atoms with Crippen LogP contribution in [0.15, 0.2) is 18.2 Å². The van der Waals surface area contributed by atoms with Crippen molar-refractivity contribution < 1.29 is 9.53 Å². The average molecular weight is 328 g/mol. The van der Waals surface area contributed by atoms with Crippen molar-refractivity contribution in [3.05, 3.63) is 29.3 Å². The fourth-order valence-electron chi connectivity index (χ4n) is 1.79. The summed E-state index contributed by atoms with van der Waals surface area (Å²) in [6, 6.07) is 5.51. The maximum absolute atomic E-state index is 12.0. The van der Waals surface area contributed by atoms with E-state index in [0.717, 1.165) is 29.5 Å². The minimum absolute atomic E-state index is 0.0372. The monoisotopic (exact) mass is 327 g/mol. The highest BCUT2D eigenvalue weighted by molar-refractivity contribution is 9.09. The van der Waals surface area contributed by atoms with Crippen molar-refractivity contribution in [1.82, 2.24) is 5.32 Å². The Morgan fingerprint density at radius 3 is 2.84 bits per heavy atom. The van der Waals surface area contributed by atoms with E-state index in [0.29, 0.717) is 18.0 Å². The van der Waals surface area contributed by atoms with Crippen LogP contribution in [-0.4, -0.2) is 24.9 Å². The maximum Gasteiger partial charge on any atom is 0.251 e. The fourth-order valence-corrected chi connectivity index (χ4v) is 2.12. The summed E-state index contributed by atoms with van der Waals surface area (Å²) in [5, 5.41) is 3.95. The summed E-state index contributed by atoms with van der Waals surface area (Å²) in [4.78, 5) is 12.0. The van der Waals surface area contributed by atoms with E-state index in [9.17, 15) is 4.79 Å². The van der Waals surface area contributed by atoms with E-state index in [4.69, 9.17) is 4.74 Å². The number of benzene rings is 1. The van der Waals surface area contributed by atoms with Crippen LogP contribution in [0, 0.1) is 12.8 Å². The average Bonchev–Trinajstić information content (AvgIpc) is 2.43. The molecule has 0 aliphatic carbocycles. The number of methoxy groups -OCH3 is 1. The Kier molecular flexibility index (Phi) is 6.92. The number of carbonyl (C=O) groups excluding carboxylic acids is 1. The molecular formula is C15H22BrNO2. The van der Waals surface area contributed by atoms with Crippen molar-refractivity contribution in [3.63, 3.8) is 0 Å². The number of carbonyl (C=O) groups is 1. The highest BCUT2D eigenvalue weighted by atomic mass is 79.9. The van der Waals surface area contributed by atoms with Crippen LogP contribution in [0.2, 0.25) is 0 Å². The van der Waals surface area contributed by atoms with Gasteiger partial charge in [0.25, 0.3) is 5.91 Å². The first kappa shape index (κ1) is 16.0. The van der Waals surface area contributed by atoms with Crippen LogP contribution in [0.1, 0.15) is 35.7 Å². The van der Waals surface area contributed by atoms with Crippen molar-refractivity contribution in [2.24, 2.45) is 5.92 Å². The van der Waals surface area contributed by atoms with Gasteiger partial charge in [-0.3, -0.25) is 4.79 Å². The van der Waals surface area contributed by atoms with Crippen LogP contribution in [0.4, 0.5) is 0 Å². The summed E-state index contributed by atoms with van der Waals surface area (Å²) in [6.45, 7) is 4.87. The van der Waals surface area contributed by atoms with Gasteiger partial charge < -0.3 is 10.1 Å². The van der Waals surface area contributed by atoms with E-state index in [1.165, 1.54) is 0 Å². The number of hydrogen-bond donors (Lipinski definition) is 1. The summed E-state index contributed by atoms with van der Waals surface area (Å²) in [5.41, 5.74) is 1.68. The maximum atomic E-state index is 12.0. The molecule has 1 aromatic carbocycles. The summed E-state index contributed by atoms with van der Waals surface area (Å²) < 4.78 is 5.22. The summed E-state index contributed by atoms with van der Waals surface area (Å²) in [6.07, 6.45) is 2.12. The minimum atomic E-state index is -0.0372. The van der Waals surface area contributed by atoms with E-state index in [-0.39, 0.29) is 5.91 Å². The highest BCUT2D eigenvalue weighted by Gasteiger charge is 2.08. The predicted octanol–water partition coefficient (Wildman–Crippen LogP) is 3.54. The predicted molar refractivity (Wildman–Crippen MR) is 82.3 cm³/mol. The van der Waals surface area contributed by atoms with Gasteiger partial charge in [-0.1, -0.05) is 28.9 Å². The third-order valence-corrected chi connectivity index (χ3v) is 4.20. The number of hydrogen-bond acceptors (Lipinski definition) is 2.